The lowest BCUT2D eigenvalue weighted by molar-refractivity contribution is -0.176. The molecule has 3 atom stereocenters. The number of benzene rings is 3. The highest BCUT2D eigenvalue weighted by Crippen LogP contribution is 2.46. The molecule has 2 N–H and O–H groups in total. The van der Waals surface area contributed by atoms with Gasteiger partial charge in [-0.3, -0.25) is 0 Å². The van der Waals surface area contributed by atoms with Crippen LogP contribution in [0.3, 0.4) is 0 Å². The quantitative estimate of drug-likeness (QED) is 0.394. The van der Waals surface area contributed by atoms with Crippen molar-refractivity contribution in [2.75, 3.05) is 20.8 Å². The monoisotopic (exact) mass is 456 g/mol. The molecule has 0 aliphatic carbocycles. The molecule has 7 heteroatoms. The minimum atomic E-state index is -1.12. The standard InChI is InChI=1S/C26H32O7/c1-6-31-17(3)33-16(2)25(27)21-14-23(30-5)24-20(26(21)28)12-19(13-22(24)29-4)32-15-18-10-8-7-9-11-18/h7-14,16-17,25,27-28H,6,15H2,1-5H3/t16-,17?,25+/m1/s1. The first-order valence-corrected chi connectivity index (χ1v) is 10.9. The summed E-state index contributed by atoms with van der Waals surface area (Å²) >= 11 is 0. The molecule has 3 rings (SSSR count). The molecule has 1 unspecified atom stereocenters. The fraction of sp³-hybridized carbons (Fsp3) is 0.385. The molecule has 3 aromatic rings. The van der Waals surface area contributed by atoms with Gasteiger partial charge in [-0.05, 0) is 38.5 Å². The fourth-order valence-corrected chi connectivity index (χ4v) is 3.74. The lowest BCUT2D eigenvalue weighted by atomic mass is 9.97. The van der Waals surface area contributed by atoms with Gasteiger partial charge in [-0.25, -0.2) is 0 Å². The Balaban J connectivity index is 2.01. The zero-order chi connectivity index (χ0) is 24.0. The molecule has 0 aromatic heterocycles. The van der Waals surface area contributed by atoms with Crippen LogP contribution in [-0.2, 0) is 16.1 Å². The van der Waals surface area contributed by atoms with Crippen molar-refractivity contribution in [3.63, 3.8) is 0 Å². The third-order valence-corrected chi connectivity index (χ3v) is 5.40. The summed E-state index contributed by atoms with van der Waals surface area (Å²) in [4.78, 5) is 0. The molecular weight excluding hydrogens is 424 g/mol. The summed E-state index contributed by atoms with van der Waals surface area (Å²) in [5, 5.41) is 23.1. The SMILES string of the molecule is CCOC(C)O[C@H](C)[C@H](O)c1cc(OC)c2c(OC)cc(OCc3ccccc3)cc2c1O. The smallest absolute Gasteiger partial charge is 0.155 e. The maximum atomic E-state index is 11.1. The number of fused-ring (bicyclic) bond motifs is 1. The van der Waals surface area contributed by atoms with Crippen LogP contribution in [0.4, 0.5) is 0 Å². The van der Waals surface area contributed by atoms with Crippen molar-refractivity contribution in [3.05, 3.63) is 59.7 Å². The Morgan fingerprint density at radius 1 is 0.939 bits per heavy atom. The van der Waals surface area contributed by atoms with Crippen molar-refractivity contribution >= 4 is 10.8 Å². The Hall–Kier alpha value is -3.00. The topological polar surface area (TPSA) is 86.6 Å². The Bertz CT molecular complexity index is 1050. The third kappa shape index (κ3) is 5.68. The molecule has 0 radical (unpaired) electrons. The molecule has 178 valence electrons. The Morgan fingerprint density at radius 2 is 1.61 bits per heavy atom. The van der Waals surface area contributed by atoms with Gasteiger partial charge in [-0.15, -0.1) is 0 Å². The van der Waals surface area contributed by atoms with Gasteiger partial charge in [0, 0.05) is 23.6 Å². The second-order valence-electron chi connectivity index (χ2n) is 7.65. The van der Waals surface area contributed by atoms with Crippen LogP contribution in [0.1, 0.15) is 38.0 Å². The van der Waals surface area contributed by atoms with Gasteiger partial charge in [0.15, 0.2) is 6.29 Å². The molecule has 0 aliphatic rings. The molecular formula is C26H32O7. The molecule has 0 saturated heterocycles. The van der Waals surface area contributed by atoms with Gasteiger partial charge in [0.05, 0.1) is 25.7 Å². The normalized spacial score (nSPS) is 14.0. The number of phenolic OH excluding ortho intramolecular Hbond substituents is 1. The third-order valence-electron chi connectivity index (χ3n) is 5.40. The Morgan fingerprint density at radius 3 is 2.24 bits per heavy atom. The number of aromatic hydroxyl groups is 1. The summed E-state index contributed by atoms with van der Waals surface area (Å²) in [7, 11) is 3.07. The van der Waals surface area contributed by atoms with E-state index in [2.05, 4.69) is 0 Å². The first-order valence-electron chi connectivity index (χ1n) is 10.9. The van der Waals surface area contributed by atoms with E-state index >= 15 is 0 Å². The molecule has 0 spiro atoms. The maximum absolute atomic E-state index is 11.1. The largest absolute Gasteiger partial charge is 0.507 e. The summed E-state index contributed by atoms with van der Waals surface area (Å²) in [6.07, 6.45) is -2.26. The van der Waals surface area contributed by atoms with Crippen LogP contribution in [0.5, 0.6) is 23.0 Å². The average Bonchev–Trinajstić information content (AvgIpc) is 2.83. The van der Waals surface area contributed by atoms with Crippen molar-refractivity contribution in [3.8, 4) is 23.0 Å². The first kappa shape index (κ1) is 24.6. The second kappa shape index (κ2) is 11.2. The van der Waals surface area contributed by atoms with Crippen molar-refractivity contribution in [1.29, 1.82) is 0 Å². The van der Waals surface area contributed by atoms with Gasteiger partial charge in [0.25, 0.3) is 0 Å². The molecule has 0 heterocycles. The van der Waals surface area contributed by atoms with E-state index < -0.39 is 18.5 Å². The number of hydrogen-bond donors (Lipinski definition) is 2. The summed E-state index contributed by atoms with van der Waals surface area (Å²) < 4.78 is 28.2. The summed E-state index contributed by atoms with van der Waals surface area (Å²) in [6, 6.07) is 14.8. The Kier molecular flexibility index (Phi) is 8.38. The predicted molar refractivity (Wildman–Crippen MR) is 126 cm³/mol. The summed E-state index contributed by atoms with van der Waals surface area (Å²) in [5.41, 5.74) is 1.29. The van der Waals surface area contributed by atoms with Gasteiger partial charge in [0.2, 0.25) is 0 Å². The Labute approximate surface area is 194 Å². The molecule has 0 aliphatic heterocycles. The molecule has 7 nitrogen and oxygen atoms in total. The predicted octanol–water partition coefficient (Wildman–Crippen LogP) is 4.96. The highest BCUT2D eigenvalue weighted by Gasteiger charge is 2.26. The van der Waals surface area contributed by atoms with Crippen LogP contribution < -0.4 is 14.2 Å². The number of methoxy groups -OCH3 is 2. The van der Waals surface area contributed by atoms with E-state index in [1.807, 2.05) is 37.3 Å². The zero-order valence-corrected chi connectivity index (χ0v) is 19.7. The lowest BCUT2D eigenvalue weighted by Gasteiger charge is -2.25. The average molecular weight is 457 g/mol. The van der Waals surface area contributed by atoms with Gasteiger partial charge in [-0.2, -0.15) is 0 Å². The molecule has 0 amide bonds. The van der Waals surface area contributed by atoms with E-state index in [9.17, 15) is 10.2 Å². The number of hydrogen-bond acceptors (Lipinski definition) is 7. The van der Waals surface area contributed by atoms with E-state index in [1.165, 1.54) is 7.11 Å². The van der Waals surface area contributed by atoms with E-state index in [0.29, 0.717) is 41.2 Å². The lowest BCUT2D eigenvalue weighted by Crippen LogP contribution is -2.25. The molecule has 0 fully saturated rings. The van der Waals surface area contributed by atoms with Gasteiger partial charge >= 0.3 is 0 Å². The first-order chi connectivity index (χ1) is 15.9. The van der Waals surface area contributed by atoms with Gasteiger partial charge < -0.3 is 33.9 Å². The highest BCUT2D eigenvalue weighted by molar-refractivity contribution is 6.00. The van der Waals surface area contributed by atoms with Crippen molar-refractivity contribution < 1.29 is 33.9 Å². The van der Waals surface area contributed by atoms with Crippen molar-refractivity contribution in [1.82, 2.24) is 0 Å². The molecule has 0 bridgehead atoms. The number of aliphatic hydroxyl groups is 1. The zero-order valence-electron chi connectivity index (χ0n) is 19.7. The second-order valence-corrected chi connectivity index (χ2v) is 7.65. The number of aliphatic hydroxyl groups excluding tert-OH is 1. The number of phenols is 1. The highest BCUT2D eigenvalue weighted by atomic mass is 16.7. The van der Waals surface area contributed by atoms with Crippen LogP contribution in [0.2, 0.25) is 0 Å². The van der Waals surface area contributed by atoms with Crippen LogP contribution >= 0.6 is 0 Å². The van der Waals surface area contributed by atoms with E-state index in [0.717, 1.165) is 5.56 Å². The summed E-state index contributed by atoms with van der Waals surface area (Å²) in [6.45, 7) is 6.19. The molecule has 0 saturated carbocycles. The summed E-state index contributed by atoms with van der Waals surface area (Å²) in [5.74, 6) is 1.36. The van der Waals surface area contributed by atoms with Crippen LogP contribution in [0, 0.1) is 0 Å². The number of ether oxygens (including phenoxy) is 5. The van der Waals surface area contributed by atoms with Crippen LogP contribution in [0.25, 0.3) is 10.8 Å². The van der Waals surface area contributed by atoms with E-state index in [4.69, 9.17) is 23.7 Å². The van der Waals surface area contributed by atoms with Crippen LogP contribution in [-0.4, -0.2) is 43.4 Å². The number of rotatable bonds is 11. The minimum absolute atomic E-state index is 0.0960. The maximum Gasteiger partial charge on any atom is 0.155 e. The van der Waals surface area contributed by atoms with Crippen molar-refractivity contribution in [2.24, 2.45) is 0 Å². The molecule has 3 aromatic carbocycles. The minimum Gasteiger partial charge on any atom is -0.507 e. The van der Waals surface area contributed by atoms with Gasteiger partial charge in [0.1, 0.15) is 35.7 Å². The molecule has 33 heavy (non-hydrogen) atoms. The van der Waals surface area contributed by atoms with E-state index in [1.54, 1.807) is 39.2 Å². The van der Waals surface area contributed by atoms with Gasteiger partial charge in [-0.1, -0.05) is 30.3 Å². The van der Waals surface area contributed by atoms with Crippen LogP contribution in [0.15, 0.2) is 48.5 Å². The van der Waals surface area contributed by atoms with Crippen molar-refractivity contribution in [2.45, 2.75) is 45.9 Å². The van der Waals surface area contributed by atoms with E-state index in [-0.39, 0.29) is 11.3 Å². The fourth-order valence-electron chi connectivity index (χ4n) is 3.74.